The van der Waals surface area contributed by atoms with Crippen LogP contribution in [-0.2, 0) is 10.2 Å². The van der Waals surface area contributed by atoms with Crippen LogP contribution in [0.2, 0.25) is 0 Å². The highest BCUT2D eigenvalue weighted by molar-refractivity contribution is 5.60. The summed E-state index contributed by atoms with van der Waals surface area (Å²) >= 11 is 0. The Morgan fingerprint density at radius 3 is 2.35 bits per heavy atom. The summed E-state index contributed by atoms with van der Waals surface area (Å²) in [7, 11) is 1.45. The van der Waals surface area contributed by atoms with Gasteiger partial charge in [0.15, 0.2) is 6.29 Å². The molecule has 1 aromatic carbocycles. The molecule has 3 rings (SSSR count). The lowest BCUT2D eigenvalue weighted by Gasteiger charge is -2.39. The zero-order valence-electron chi connectivity index (χ0n) is 15.4. The van der Waals surface area contributed by atoms with Gasteiger partial charge in [0.1, 0.15) is 0 Å². The second-order valence-electron chi connectivity index (χ2n) is 5.95. The highest BCUT2D eigenvalue weighted by Crippen LogP contribution is 2.43. The summed E-state index contributed by atoms with van der Waals surface area (Å²) in [6, 6.07) is 8.85. The van der Waals surface area contributed by atoms with Crippen molar-refractivity contribution in [2.24, 2.45) is 0 Å². The van der Waals surface area contributed by atoms with E-state index in [1.807, 2.05) is 13.8 Å². The zero-order valence-corrected chi connectivity index (χ0v) is 15.4. The normalized spacial score (nSPS) is 19.6. The Balaban J connectivity index is 0.000000327. The highest BCUT2D eigenvalue weighted by atomic mass is 16.6. The molecule has 1 unspecified atom stereocenters. The number of para-hydroxylation sites is 1. The molecule has 4 heteroatoms. The summed E-state index contributed by atoms with van der Waals surface area (Å²) in [6.45, 7) is 12.7. The second-order valence-corrected chi connectivity index (χ2v) is 5.95. The molecule has 1 saturated heterocycles. The Morgan fingerprint density at radius 1 is 1.26 bits per heavy atom. The Labute approximate surface area is 141 Å². The van der Waals surface area contributed by atoms with E-state index in [0.717, 1.165) is 6.54 Å². The number of benzene rings is 1. The molecule has 23 heavy (non-hydrogen) atoms. The van der Waals surface area contributed by atoms with Gasteiger partial charge in [-0.3, -0.25) is 0 Å². The number of likely N-dealkylation sites (tertiary alicyclic amines) is 1. The van der Waals surface area contributed by atoms with Crippen molar-refractivity contribution in [3.05, 3.63) is 29.8 Å². The molecule has 2 aliphatic heterocycles. The lowest BCUT2D eigenvalue weighted by atomic mass is 9.74. The SMILES string of the molecule is CC.CCN1CCC2(CC1)CNc1ccccc12.COC(C)O. The number of aliphatic hydroxyl groups excluding tert-OH is 1. The first-order valence-corrected chi connectivity index (χ1v) is 8.88. The van der Waals surface area contributed by atoms with Gasteiger partial charge in [-0.1, -0.05) is 39.0 Å². The molecule has 0 radical (unpaired) electrons. The van der Waals surface area contributed by atoms with E-state index in [9.17, 15) is 0 Å². The molecule has 132 valence electrons. The van der Waals surface area contributed by atoms with Gasteiger partial charge in [0, 0.05) is 24.8 Å². The van der Waals surface area contributed by atoms with Gasteiger partial charge in [0.2, 0.25) is 0 Å². The van der Waals surface area contributed by atoms with E-state index in [0.29, 0.717) is 5.41 Å². The summed E-state index contributed by atoms with van der Waals surface area (Å²) in [5, 5.41) is 11.7. The van der Waals surface area contributed by atoms with Gasteiger partial charge in [-0.15, -0.1) is 0 Å². The monoisotopic (exact) mass is 322 g/mol. The molecule has 2 aliphatic rings. The number of nitrogens with one attached hydrogen (secondary N) is 1. The molecule has 4 nitrogen and oxygen atoms in total. The van der Waals surface area contributed by atoms with Gasteiger partial charge in [-0.25, -0.2) is 0 Å². The third-order valence-corrected chi connectivity index (χ3v) is 4.72. The van der Waals surface area contributed by atoms with Crippen molar-refractivity contribution >= 4 is 5.69 Å². The number of nitrogens with zero attached hydrogens (tertiary/aromatic N) is 1. The van der Waals surface area contributed by atoms with Crippen molar-refractivity contribution in [2.45, 2.75) is 52.2 Å². The minimum Gasteiger partial charge on any atom is -0.384 e. The average molecular weight is 322 g/mol. The third-order valence-electron chi connectivity index (χ3n) is 4.72. The molecule has 0 saturated carbocycles. The van der Waals surface area contributed by atoms with Crippen LogP contribution in [0.15, 0.2) is 24.3 Å². The average Bonchev–Trinajstić information content (AvgIpc) is 2.97. The van der Waals surface area contributed by atoms with Crippen molar-refractivity contribution in [3.63, 3.8) is 0 Å². The third kappa shape index (κ3) is 5.20. The van der Waals surface area contributed by atoms with Crippen LogP contribution in [0.25, 0.3) is 0 Å². The minimum atomic E-state index is -0.616. The van der Waals surface area contributed by atoms with Crippen LogP contribution in [0.4, 0.5) is 5.69 Å². The number of hydrogen-bond donors (Lipinski definition) is 2. The van der Waals surface area contributed by atoms with Gasteiger partial charge in [0.25, 0.3) is 0 Å². The first kappa shape index (κ1) is 19.9. The quantitative estimate of drug-likeness (QED) is 0.819. The predicted octanol–water partition coefficient (Wildman–Crippen LogP) is 3.46. The van der Waals surface area contributed by atoms with Crippen molar-refractivity contribution < 1.29 is 9.84 Å². The van der Waals surface area contributed by atoms with Gasteiger partial charge in [0.05, 0.1) is 0 Å². The number of hydrogen-bond acceptors (Lipinski definition) is 4. The maximum Gasteiger partial charge on any atom is 0.151 e. The van der Waals surface area contributed by atoms with Crippen LogP contribution in [-0.4, -0.2) is 49.6 Å². The molecular formula is C19H34N2O2. The Kier molecular flexibility index (Phi) is 8.59. The summed E-state index contributed by atoms with van der Waals surface area (Å²) in [4.78, 5) is 2.56. The van der Waals surface area contributed by atoms with Crippen molar-refractivity contribution in [2.75, 3.05) is 38.6 Å². The molecule has 2 heterocycles. The lowest BCUT2D eigenvalue weighted by Crippen LogP contribution is -2.43. The van der Waals surface area contributed by atoms with Gasteiger partial charge < -0.3 is 20.1 Å². The predicted molar refractivity (Wildman–Crippen MR) is 98.0 cm³/mol. The van der Waals surface area contributed by atoms with Crippen molar-refractivity contribution in [3.8, 4) is 0 Å². The van der Waals surface area contributed by atoms with E-state index in [4.69, 9.17) is 5.11 Å². The number of anilines is 1. The molecule has 1 spiro atoms. The van der Waals surface area contributed by atoms with Crippen LogP contribution in [0, 0.1) is 0 Å². The number of piperidine rings is 1. The topological polar surface area (TPSA) is 44.7 Å². The van der Waals surface area contributed by atoms with Gasteiger partial charge >= 0.3 is 0 Å². The summed E-state index contributed by atoms with van der Waals surface area (Å²) in [5.74, 6) is 0. The highest BCUT2D eigenvalue weighted by Gasteiger charge is 2.40. The summed E-state index contributed by atoms with van der Waals surface area (Å²) < 4.78 is 4.31. The first-order valence-electron chi connectivity index (χ1n) is 8.88. The molecule has 1 fully saturated rings. The Bertz CT molecular complexity index is 441. The van der Waals surface area contributed by atoms with Crippen LogP contribution in [0.1, 0.15) is 46.1 Å². The number of aliphatic hydroxyl groups is 1. The van der Waals surface area contributed by atoms with Crippen LogP contribution >= 0.6 is 0 Å². The largest absolute Gasteiger partial charge is 0.384 e. The van der Waals surface area contributed by atoms with E-state index in [1.165, 1.54) is 45.3 Å². The van der Waals surface area contributed by atoms with E-state index < -0.39 is 6.29 Å². The maximum atomic E-state index is 8.14. The number of fused-ring (bicyclic) bond motifs is 2. The fraction of sp³-hybridized carbons (Fsp3) is 0.684. The number of rotatable bonds is 2. The molecule has 0 aromatic heterocycles. The molecule has 1 atom stereocenters. The van der Waals surface area contributed by atoms with Crippen molar-refractivity contribution in [1.82, 2.24) is 4.90 Å². The fourth-order valence-electron chi connectivity index (χ4n) is 3.20. The molecule has 0 aliphatic carbocycles. The Hall–Kier alpha value is -1.10. The molecule has 2 N–H and O–H groups in total. The lowest BCUT2D eigenvalue weighted by molar-refractivity contribution is -0.0583. The van der Waals surface area contributed by atoms with Gasteiger partial charge in [-0.05, 0) is 51.0 Å². The van der Waals surface area contributed by atoms with E-state index in [-0.39, 0.29) is 0 Å². The van der Waals surface area contributed by atoms with Crippen LogP contribution in [0.5, 0.6) is 0 Å². The van der Waals surface area contributed by atoms with E-state index in [2.05, 4.69) is 46.1 Å². The number of ether oxygens (including phenoxy) is 1. The van der Waals surface area contributed by atoms with Gasteiger partial charge in [-0.2, -0.15) is 0 Å². The molecule has 0 bridgehead atoms. The minimum absolute atomic E-state index is 0.433. The van der Waals surface area contributed by atoms with Crippen LogP contribution < -0.4 is 5.32 Å². The zero-order chi connectivity index (χ0) is 17.3. The molecule has 1 aromatic rings. The van der Waals surface area contributed by atoms with E-state index >= 15 is 0 Å². The maximum absolute atomic E-state index is 8.14. The molecular weight excluding hydrogens is 288 g/mol. The Morgan fingerprint density at radius 2 is 1.83 bits per heavy atom. The summed E-state index contributed by atoms with van der Waals surface area (Å²) in [5.41, 5.74) is 3.36. The van der Waals surface area contributed by atoms with Crippen LogP contribution in [0.3, 0.4) is 0 Å². The fourth-order valence-corrected chi connectivity index (χ4v) is 3.20. The first-order chi connectivity index (χ1) is 11.1. The molecule has 0 amide bonds. The van der Waals surface area contributed by atoms with Crippen molar-refractivity contribution in [1.29, 1.82) is 0 Å². The number of methoxy groups -OCH3 is 1. The smallest absolute Gasteiger partial charge is 0.151 e. The standard InChI is InChI=1S/C14H20N2.C3H8O2.C2H6/c1-2-16-9-7-14(8-10-16)11-15-13-6-4-3-5-12(13)14;1-3(4)5-2;1-2/h3-6,15H,2,7-11H2,1H3;3-4H,1-2H3;1-2H3. The second kappa shape index (κ2) is 9.91. The van der Waals surface area contributed by atoms with E-state index in [1.54, 1.807) is 12.5 Å². The summed E-state index contributed by atoms with van der Waals surface area (Å²) in [6.07, 6.45) is 2.00.